The molecule has 0 aromatic heterocycles. The van der Waals surface area contributed by atoms with Crippen molar-refractivity contribution in [2.45, 2.75) is 11.9 Å². The van der Waals surface area contributed by atoms with E-state index >= 15 is 0 Å². The third-order valence-electron chi connectivity index (χ3n) is 2.78. The zero-order chi connectivity index (χ0) is 16.6. The first kappa shape index (κ1) is 22.1. The molecule has 134 valence electrons. The number of hydrogen-bond donors (Lipinski definition) is 2. The van der Waals surface area contributed by atoms with Crippen molar-refractivity contribution in [3.8, 4) is 0 Å². The summed E-state index contributed by atoms with van der Waals surface area (Å²) < 4.78 is 69.2. The Morgan fingerprint density at radius 1 is 1.13 bits per heavy atom. The van der Waals surface area contributed by atoms with Gasteiger partial charge in [-0.15, -0.1) is 12.4 Å². The van der Waals surface area contributed by atoms with Crippen LogP contribution >= 0.6 is 12.4 Å². The van der Waals surface area contributed by atoms with Gasteiger partial charge >= 0.3 is 6.18 Å². The molecule has 0 amide bonds. The molecular formula is C13H20ClF3N2O3S. The molecule has 0 aliphatic heterocycles. The first-order valence-corrected chi connectivity index (χ1v) is 8.23. The number of alkyl halides is 3. The molecule has 0 aliphatic carbocycles. The van der Waals surface area contributed by atoms with E-state index in [4.69, 9.17) is 4.74 Å². The second-order valence-electron chi connectivity index (χ2n) is 4.55. The maximum Gasteiger partial charge on any atom is 0.416 e. The smallest absolute Gasteiger partial charge is 0.383 e. The Morgan fingerprint density at radius 3 is 2.39 bits per heavy atom. The molecule has 10 heteroatoms. The topological polar surface area (TPSA) is 67.4 Å². The second-order valence-corrected chi connectivity index (χ2v) is 6.36. The number of hydrogen-bond acceptors (Lipinski definition) is 4. The fourth-order valence-electron chi connectivity index (χ4n) is 1.77. The normalized spacial score (nSPS) is 12.0. The Labute approximate surface area is 140 Å². The molecular weight excluding hydrogens is 357 g/mol. The molecule has 0 fully saturated rings. The lowest BCUT2D eigenvalue weighted by Crippen LogP contribution is -2.34. The molecule has 2 N–H and O–H groups in total. The van der Waals surface area contributed by atoms with Gasteiger partial charge in [0.15, 0.2) is 0 Å². The largest absolute Gasteiger partial charge is 0.416 e. The van der Waals surface area contributed by atoms with Crippen LogP contribution < -0.4 is 10.0 Å². The van der Waals surface area contributed by atoms with E-state index in [9.17, 15) is 21.6 Å². The SMILES string of the molecule is COCCNCCNS(=O)(=O)Cc1ccccc1C(F)(F)F.Cl. The molecule has 0 aliphatic rings. The standard InChI is InChI=1S/C13H19F3N2O3S.ClH/c1-21-9-8-17-6-7-18-22(19,20)10-11-4-2-3-5-12(11)13(14,15)16;/h2-5,17-18H,6-10H2,1H3;1H. The number of ether oxygens (including phenoxy) is 1. The maximum atomic E-state index is 12.8. The summed E-state index contributed by atoms with van der Waals surface area (Å²) in [5.74, 6) is -0.708. The van der Waals surface area contributed by atoms with E-state index in [1.54, 1.807) is 7.11 Å². The summed E-state index contributed by atoms with van der Waals surface area (Å²) in [6.07, 6.45) is -4.58. The number of rotatable bonds is 9. The number of sulfonamides is 1. The van der Waals surface area contributed by atoms with E-state index in [1.165, 1.54) is 18.2 Å². The van der Waals surface area contributed by atoms with Crippen LogP contribution in [0.2, 0.25) is 0 Å². The van der Waals surface area contributed by atoms with Gasteiger partial charge < -0.3 is 10.1 Å². The van der Waals surface area contributed by atoms with Gasteiger partial charge in [0, 0.05) is 26.7 Å². The molecule has 0 spiro atoms. The molecule has 0 atom stereocenters. The van der Waals surface area contributed by atoms with Gasteiger partial charge in [0.05, 0.1) is 17.9 Å². The van der Waals surface area contributed by atoms with Crippen LogP contribution in [0.4, 0.5) is 13.2 Å². The molecule has 0 heterocycles. The van der Waals surface area contributed by atoms with Crippen LogP contribution in [0.5, 0.6) is 0 Å². The number of nitrogens with one attached hydrogen (secondary N) is 2. The van der Waals surface area contributed by atoms with Gasteiger partial charge in [0.2, 0.25) is 10.0 Å². The molecule has 0 bridgehead atoms. The minimum Gasteiger partial charge on any atom is -0.383 e. The lowest BCUT2D eigenvalue weighted by Gasteiger charge is -2.13. The van der Waals surface area contributed by atoms with Crippen LogP contribution in [0, 0.1) is 0 Å². The van der Waals surface area contributed by atoms with Crippen molar-refractivity contribution >= 4 is 22.4 Å². The quantitative estimate of drug-likeness (QED) is 0.645. The summed E-state index contributed by atoms with van der Waals surface area (Å²) >= 11 is 0. The lowest BCUT2D eigenvalue weighted by atomic mass is 10.1. The number of halogens is 4. The van der Waals surface area contributed by atoms with E-state index in [-0.39, 0.29) is 24.5 Å². The van der Waals surface area contributed by atoms with E-state index in [2.05, 4.69) is 10.0 Å². The summed E-state index contributed by atoms with van der Waals surface area (Å²) in [5.41, 5.74) is -1.20. The van der Waals surface area contributed by atoms with Crippen molar-refractivity contribution in [2.75, 3.05) is 33.4 Å². The van der Waals surface area contributed by atoms with Crippen molar-refractivity contribution in [1.29, 1.82) is 0 Å². The fraction of sp³-hybridized carbons (Fsp3) is 0.538. The monoisotopic (exact) mass is 376 g/mol. The first-order chi connectivity index (χ1) is 10.3. The fourth-order valence-corrected chi connectivity index (χ4v) is 2.95. The molecule has 1 rings (SSSR count). The lowest BCUT2D eigenvalue weighted by molar-refractivity contribution is -0.138. The summed E-state index contributed by atoms with van der Waals surface area (Å²) in [6, 6.07) is 4.65. The molecule has 0 unspecified atom stereocenters. The van der Waals surface area contributed by atoms with Gasteiger partial charge in [-0.05, 0) is 11.6 Å². The van der Waals surface area contributed by atoms with Crippen LogP contribution in [0.1, 0.15) is 11.1 Å². The van der Waals surface area contributed by atoms with E-state index < -0.39 is 27.5 Å². The highest BCUT2D eigenvalue weighted by Gasteiger charge is 2.33. The first-order valence-electron chi connectivity index (χ1n) is 6.58. The zero-order valence-electron chi connectivity index (χ0n) is 12.5. The van der Waals surface area contributed by atoms with Gasteiger partial charge in [0.25, 0.3) is 0 Å². The second kappa shape index (κ2) is 10.1. The van der Waals surface area contributed by atoms with Crippen LogP contribution in [0.25, 0.3) is 0 Å². The summed E-state index contributed by atoms with van der Waals surface area (Å²) in [7, 11) is -2.29. The van der Waals surface area contributed by atoms with Crippen LogP contribution in [0.3, 0.4) is 0 Å². The van der Waals surface area contributed by atoms with Crippen molar-refractivity contribution < 1.29 is 26.3 Å². The van der Waals surface area contributed by atoms with Gasteiger partial charge in [-0.2, -0.15) is 13.2 Å². The molecule has 23 heavy (non-hydrogen) atoms. The van der Waals surface area contributed by atoms with E-state index in [0.29, 0.717) is 19.7 Å². The van der Waals surface area contributed by atoms with Gasteiger partial charge in [-0.1, -0.05) is 18.2 Å². The van der Waals surface area contributed by atoms with E-state index in [1.807, 2.05) is 0 Å². The maximum absolute atomic E-state index is 12.8. The van der Waals surface area contributed by atoms with Crippen LogP contribution in [0.15, 0.2) is 24.3 Å². The average Bonchev–Trinajstić information content (AvgIpc) is 2.41. The molecule has 1 aromatic rings. The predicted molar refractivity (Wildman–Crippen MR) is 84.1 cm³/mol. The summed E-state index contributed by atoms with van der Waals surface area (Å²) in [4.78, 5) is 0. The summed E-state index contributed by atoms with van der Waals surface area (Å²) in [6.45, 7) is 1.52. The zero-order valence-corrected chi connectivity index (χ0v) is 14.2. The minimum atomic E-state index is -4.58. The summed E-state index contributed by atoms with van der Waals surface area (Å²) in [5, 5.41) is 2.93. The van der Waals surface area contributed by atoms with Gasteiger partial charge in [-0.25, -0.2) is 13.1 Å². The molecule has 1 aromatic carbocycles. The predicted octanol–water partition coefficient (Wildman–Crippen LogP) is 1.78. The van der Waals surface area contributed by atoms with Crippen LogP contribution in [-0.4, -0.2) is 41.8 Å². The highest BCUT2D eigenvalue weighted by Crippen LogP contribution is 2.32. The molecule has 0 saturated carbocycles. The molecule has 0 radical (unpaired) electrons. The Hall–Kier alpha value is -0.870. The van der Waals surface area contributed by atoms with Crippen molar-refractivity contribution in [3.63, 3.8) is 0 Å². The van der Waals surface area contributed by atoms with Crippen molar-refractivity contribution in [3.05, 3.63) is 35.4 Å². The highest BCUT2D eigenvalue weighted by atomic mass is 35.5. The Balaban J connectivity index is 0.00000484. The molecule has 5 nitrogen and oxygen atoms in total. The van der Waals surface area contributed by atoms with Crippen molar-refractivity contribution in [2.24, 2.45) is 0 Å². The third kappa shape index (κ3) is 8.52. The molecule has 0 saturated heterocycles. The van der Waals surface area contributed by atoms with Crippen molar-refractivity contribution in [1.82, 2.24) is 10.0 Å². The number of benzene rings is 1. The number of methoxy groups -OCH3 is 1. The van der Waals surface area contributed by atoms with E-state index in [0.717, 1.165) is 6.07 Å². The Morgan fingerprint density at radius 2 is 1.78 bits per heavy atom. The third-order valence-corrected chi connectivity index (χ3v) is 4.11. The van der Waals surface area contributed by atoms with Crippen LogP contribution in [-0.2, 0) is 26.7 Å². The highest BCUT2D eigenvalue weighted by molar-refractivity contribution is 7.88. The average molecular weight is 377 g/mol. The Kier molecular flexibility index (Phi) is 9.71. The van der Waals surface area contributed by atoms with Gasteiger partial charge in [0.1, 0.15) is 0 Å². The Bertz CT molecular complexity index is 568. The van der Waals surface area contributed by atoms with Gasteiger partial charge in [-0.3, -0.25) is 0 Å². The minimum absolute atomic E-state index is 0.